The maximum atomic E-state index is 4.60. The van der Waals surface area contributed by atoms with Crippen molar-refractivity contribution < 1.29 is 0 Å². The van der Waals surface area contributed by atoms with Crippen LogP contribution in [0.1, 0.15) is 63.0 Å². The van der Waals surface area contributed by atoms with Crippen molar-refractivity contribution in [3.63, 3.8) is 0 Å². The Balaban J connectivity index is 1.72. The quantitative estimate of drug-likeness (QED) is 0.870. The Hall–Kier alpha value is -1.09. The Bertz CT molecular complexity index is 393. The average molecular weight is 259 g/mol. The third kappa shape index (κ3) is 3.27. The van der Waals surface area contributed by atoms with Gasteiger partial charge in [-0.25, -0.2) is 4.98 Å². The van der Waals surface area contributed by atoms with Crippen LogP contribution in [0.2, 0.25) is 0 Å². The van der Waals surface area contributed by atoms with Gasteiger partial charge in [0.25, 0.3) is 0 Å². The van der Waals surface area contributed by atoms with Gasteiger partial charge in [-0.2, -0.15) is 0 Å². The number of hydrogen-bond acceptors (Lipinski definition) is 3. The van der Waals surface area contributed by atoms with Crippen LogP contribution in [0.5, 0.6) is 0 Å². The Morgan fingerprint density at radius 2 is 1.89 bits per heavy atom. The van der Waals surface area contributed by atoms with Crippen molar-refractivity contribution in [2.75, 3.05) is 11.9 Å². The molecule has 0 spiro atoms. The summed E-state index contributed by atoms with van der Waals surface area (Å²) < 4.78 is 0. The molecular weight excluding hydrogens is 234 g/mol. The Kier molecular flexibility index (Phi) is 4.34. The van der Waals surface area contributed by atoms with E-state index in [1.54, 1.807) is 0 Å². The van der Waals surface area contributed by atoms with Crippen LogP contribution in [0.4, 0.5) is 5.82 Å². The van der Waals surface area contributed by atoms with Gasteiger partial charge in [0.1, 0.15) is 5.82 Å². The lowest BCUT2D eigenvalue weighted by atomic mass is 9.94. The summed E-state index contributed by atoms with van der Waals surface area (Å²) >= 11 is 0. The summed E-state index contributed by atoms with van der Waals surface area (Å²) in [6.07, 6.45) is 12.5. The van der Waals surface area contributed by atoms with Crippen molar-refractivity contribution in [2.45, 2.75) is 63.5 Å². The first-order valence-corrected chi connectivity index (χ1v) is 7.88. The van der Waals surface area contributed by atoms with Gasteiger partial charge in [0.15, 0.2) is 0 Å². The molecule has 1 saturated heterocycles. The molecular formula is C16H25N3. The van der Waals surface area contributed by atoms with Crippen LogP contribution in [0.25, 0.3) is 0 Å². The molecule has 2 fully saturated rings. The summed E-state index contributed by atoms with van der Waals surface area (Å²) in [5, 5.41) is 7.33. The Morgan fingerprint density at radius 3 is 2.68 bits per heavy atom. The number of aromatic nitrogens is 1. The zero-order valence-electron chi connectivity index (χ0n) is 11.7. The average Bonchev–Trinajstić information content (AvgIpc) is 2.50. The molecule has 0 unspecified atom stereocenters. The third-order valence-corrected chi connectivity index (χ3v) is 4.47. The molecule has 0 aromatic carbocycles. The lowest BCUT2D eigenvalue weighted by Crippen LogP contribution is -2.29. The SMILES string of the molecule is c1cnc(NC2CCCCC2)c([C@@H]2CCCCN2)c1. The summed E-state index contributed by atoms with van der Waals surface area (Å²) in [4.78, 5) is 4.60. The highest BCUT2D eigenvalue weighted by atomic mass is 15.0. The Labute approximate surface area is 116 Å². The van der Waals surface area contributed by atoms with E-state index >= 15 is 0 Å². The highest BCUT2D eigenvalue weighted by molar-refractivity contribution is 5.46. The van der Waals surface area contributed by atoms with E-state index in [2.05, 4.69) is 27.8 Å². The fourth-order valence-corrected chi connectivity index (χ4v) is 3.38. The maximum absolute atomic E-state index is 4.60. The van der Waals surface area contributed by atoms with Crippen molar-refractivity contribution in [1.29, 1.82) is 0 Å². The van der Waals surface area contributed by atoms with Gasteiger partial charge in [-0.05, 0) is 38.3 Å². The second kappa shape index (κ2) is 6.38. The van der Waals surface area contributed by atoms with E-state index in [0.717, 1.165) is 12.4 Å². The molecule has 0 radical (unpaired) electrons. The molecule has 19 heavy (non-hydrogen) atoms. The molecule has 2 heterocycles. The zero-order valence-corrected chi connectivity index (χ0v) is 11.7. The van der Waals surface area contributed by atoms with E-state index in [0.29, 0.717) is 12.1 Å². The number of nitrogens with zero attached hydrogens (tertiary/aromatic N) is 1. The fourth-order valence-electron chi connectivity index (χ4n) is 3.38. The van der Waals surface area contributed by atoms with E-state index in [1.807, 2.05) is 6.20 Å². The van der Waals surface area contributed by atoms with Gasteiger partial charge in [-0.3, -0.25) is 0 Å². The molecule has 1 aliphatic heterocycles. The minimum atomic E-state index is 0.494. The molecule has 3 heteroatoms. The third-order valence-electron chi connectivity index (χ3n) is 4.47. The predicted octanol–water partition coefficient (Wildman–Crippen LogP) is 3.64. The van der Waals surface area contributed by atoms with Crippen molar-refractivity contribution in [3.05, 3.63) is 23.9 Å². The normalized spacial score (nSPS) is 25.2. The van der Waals surface area contributed by atoms with Crippen molar-refractivity contribution >= 4 is 5.82 Å². The van der Waals surface area contributed by atoms with Gasteiger partial charge in [-0.15, -0.1) is 0 Å². The van der Waals surface area contributed by atoms with E-state index in [4.69, 9.17) is 0 Å². The minimum Gasteiger partial charge on any atom is -0.367 e. The monoisotopic (exact) mass is 259 g/mol. The van der Waals surface area contributed by atoms with Crippen molar-refractivity contribution in [1.82, 2.24) is 10.3 Å². The van der Waals surface area contributed by atoms with E-state index in [-0.39, 0.29) is 0 Å². The van der Waals surface area contributed by atoms with E-state index < -0.39 is 0 Å². The number of nitrogens with one attached hydrogen (secondary N) is 2. The second-order valence-electron chi connectivity index (χ2n) is 5.92. The van der Waals surface area contributed by atoms with Crippen LogP contribution in [-0.2, 0) is 0 Å². The highest BCUT2D eigenvalue weighted by Gasteiger charge is 2.20. The Morgan fingerprint density at radius 1 is 1.05 bits per heavy atom. The van der Waals surface area contributed by atoms with Crippen molar-refractivity contribution in [3.8, 4) is 0 Å². The molecule has 3 rings (SSSR count). The highest BCUT2D eigenvalue weighted by Crippen LogP contribution is 2.29. The molecule has 1 saturated carbocycles. The molecule has 0 amide bonds. The lowest BCUT2D eigenvalue weighted by Gasteiger charge is -2.28. The van der Waals surface area contributed by atoms with E-state index in [9.17, 15) is 0 Å². The predicted molar refractivity (Wildman–Crippen MR) is 79.3 cm³/mol. The van der Waals surface area contributed by atoms with Crippen LogP contribution >= 0.6 is 0 Å². The van der Waals surface area contributed by atoms with Gasteiger partial charge in [-0.1, -0.05) is 31.7 Å². The zero-order chi connectivity index (χ0) is 12.9. The topological polar surface area (TPSA) is 37.0 Å². The minimum absolute atomic E-state index is 0.494. The summed E-state index contributed by atoms with van der Waals surface area (Å²) in [6.45, 7) is 1.14. The molecule has 1 aromatic heterocycles. The van der Waals surface area contributed by atoms with Crippen LogP contribution in [0.3, 0.4) is 0 Å². The first-order valence-electron chi connectivity index (χ1n) is 7.88. The van der Waals surface area contributed by atoms with Gasteiger partial charge in [0.05, 0.1) is 0 Å². The summed E-state index contributed by atoms with van der Waals surface area (Å²) in [5.74, 6) is 1.12. The molecule has 1 aromatic rings. The molecule has 2 N–H and O–H groups in total. The van der Waals surface area contributed by atoms with Crippen LogP contribution in [-0.4, -0.2) is 17.6 Å². The van der Waals surface area contributed by atoms with Gasteiger partial charge < -0.3 is 10.6 Å². The first-order chi connectivity index (χ1) is 9.43. The molecule has 0 bridgehead atoms. The maximum Gasteiger partial charge on any atom is 0.130 e. The van der Waals surface area contributed by atoms with Crippen molar-refractivity contribution in [2.24, 2.45) is 0 Å². The van der Waals surface area contributed by atoms with Gasteiger partial charge >= 0.3 is 0 Å². The lowest BCUT2D eigenvalue weighted by molar-refractivity contribution is 0.411. The smallest absolute Gasteiger partial charge is 0.130 e. The summed E-state index contributed by atoms with van der Waals surface area (Å²) in [5.41, 5.74) is 1.37. The first kappa shape index (κ1) is 12.9. The number of anilines is 1. The van der Waals surface area contributed by atoms with Gasteiger partial charge in [0.2, 0.25) is 0 Å². The van der Waals surface area contributed by atoms with Gasteiger partial charge in [0, 0.05) is 23.8 Å². The standard InChI is InChI=1S/C16H25N3/c1-2-7-13(8-3-1)19-16-14(9-6-12-18-16)15-10-4-5-11-17-15/h6,9,12-13,15,17H,1-5,7-8,10-11H2,(H,18,19)/t15-/m0/s1. The largest absolute Gasteiger partial charge is 0.367 e. The molecule has 3 nitrogen and oxygen atoms in total. The second-order valence-corrected chi connectivity index (χ2v) is 5.92. The van der Waals surface area contributed by atoms with Crippen LogP contribution in [0, 0.1) is 0 Å². The van der Waals surface area contributed by atoms with Crippen LogP contribution in [0.15, 0.2) is 18.3 Å². The number of hydrogen-bond donors (Lipinski definition) is 2. The summed E-state index contributed by atoms with van der Waals surface area (Å²) in [6, 6.07) is 5.43. The van der Waals surface area contributed by atoms with E-state index in [1.165, 1.54) is 56.9 Å². The fraction of sp³-hybridized carbons (Fsp3) is 0.688. The molecule has 1 aliphatic carbocycles. The number of pyridine rings is 1. The molecule has 2 aliphatic rings. The van der Waals surface area contributed by atoms with Crippen LogP contribution < -0.4 is 10.6 Å². The molecule has 104 valence electrons. The number of piperidine rings is 1. The number of rotatable bonds is 3. The summed E-state index contributed by atoms with van der Waals surface area (Å²) in [7, 11) is 0. The molecule has 1 atom stereocenters.